The lowest BCUT2D eigenvalue weighted by atomic mass is 10.1. The fraction of sp³-hybridized carbons (Fsp3) is 0.207. The Morgan fingerprint density at radius 3 is 2.62 bits per heavy atom. The molecule has 0 bridgehead atoms. The van der Waals surface area contributed by atoms with Crippen LogP contribution in [0.3, 0.4) is 0 Å². The maximum atomic E-state index is 13.1. The van der Waals surface area contributed by atoms with Gasteiger partial charge in [0.05, 0.1) is 23.8 Å². The average molecular weight is 583 g/mol. The summed E-state index contributed by atoms with van der Waals surface area (Å²) in [5.41, 5.74) is 2.73. The minimum absolute atomic E-state index is 0.0595. The average Bonchev–Trinajstić information content (AvgIpc) is 3.20. The van der Waals surface area contributed by atoms with Crippen molar-refractivity contribution in [2.24, 2.45) is 4.99 Å². The number of amides is 2. The van der Waals surface area contributed by atoms with E-state index in [-0.39, 0.29) is 11.8 Å². The number of hydrogen-bond acceptors (Lipinski definition) is 6. The molecule has 2 heterocycles. The first kappa shape index (κ1) is 27.3. The molecule has 2 amide bonds. The summed E-state index contributed by atoms with van der Waals surface area (Å²) >= 11 is 13.6. The molecule has 0 aliphatic carbocycles. The Hall–Kier alpha value is -3.30. The van der Waals surface area contributed by atoms with Gasteiger partial charge in [0.15, 0.2) is 5.17 Å². The van der Waals surface area contributed by atoms with Gasteiger partial charge in [0.25, 0.3) is 11.8 Å². The minimum Gasteiger partial charge on any atom is -0.488 e. The van der Waals surface area contributed by atoms with Crippen LogP contribution in [0.5, 0.6) is 5.75 Å². The van der Waals surface area contributed by atoms with Gasteiger partial charge in [-0.05, 0) is 71.9 Å². The summed E-state index contributed by atoms with van der Waals surface area (Å²) < 4.78 is 11.4. The Balaban J connectivity index is 1.36. The number of carbonyl (C=O) groups is 2. The smallest absolute Gasteiger partial charge is 0.266 e. The fourth-order valence-corrected chi connectivity index (χ4v) is 5.48. The van der Waals surface area contributed by atoms with E-state index in [1.807, 2.05) is 24.3 Å². The van der Waals surface area contributed by atoms with Crippen LogP contribution < -0.4 is 4.74 Å². The summed E-state index contributed by atoms with van der Waals surface area (Å²) in [6.45, 7) is 2.50. The SMILES string of the molecule is CN1C(=O)/C(=C\c2cc(Cl)ccc2OCc2cccc(Cl)c2)SC1=Nc1cccc(C(=O)N2CCOCC2)c1. The van der Waals surface area contributed by atoms with Crippen molar-refractivity contribution in [2.45, 2.75) is 6.61 Å². The van der Waals surface area contributed by atoms with Crippen molar-refractivity contribution in [2.75, 3.05) is 33.4 Å². The molecule has 0 spiro atoms. The maximum absolute atomic E-state index is 13.1. The van der Waals surface area contributed by atoms with Crippen molar-refractivity contribution in [1.82, 2.24) is 9.80 Å². The summed E-state index contributed by atoms with van der Waals surface area (Å²) in [6.07, 6.45) is 1.75. The molecule has 10 heteroatoms. The number of likely N-dealkylation sites (N-methyl/N-ethyl adjacent to an activating group) is 1. The zero-order valence-corrected chi connectivity index (χ0v) is 23.4. The van der Waals surface area contributed by atoms with E-state index >= 15 is 0 Å². The summed E-state index contributed by atoms with van der Waals surface area (Å²) in [4.78, 5) is 34.4. The molecule has 2 saturated heterocycles. The lowest BCUT2D eigenvalue weighted by molar-refractivity contribution is -0.121. The minimum atomic E-state index is -0.194. The molecule has 39 heavy (non-hydrogen) atoms. The summed E-state index contributed by atoms with van der Waals surface area (Å²) in [6, 6.07) is 19.8. The van der Waals surface area contributed by atoms with E-state index in [2.05, 4.69) is 4.99 Å². The number of halogens is 2. The van der Waals surface area contributed by atoms with E-state index in [4.69, 9.17) is 32.7 Å². The van der Waals surface area contributed by atoms with Crippen LogP contribution in [0.4, 0.5) is 5.69 Å². The quantitative estimate of drug-likeness (QED) is 0.320. The number of benzene rings is 3. The van der Waals surface area contributed by atoms with Crippen molar-refractivity contribution in [3.8, 4) is 5.75 Å². The van der Waals surface area contributed by atoms with E-state index in [9.17, 15) is 9.59 Å². The molecule has 0 saturated carbocycles. The second-order valence-corrected chi connectivity index (χ2v) is 10.8. The molecular formula is C29H25Cl2N3O4S. The number of morpholine rings is 1. The van der Waals surface area contributed by atoms with Gasteiger partial charge in [-0.25, -0.2) is 4.99 Å². The molecule has 5 rings (SSSR count). The molecule has 0 unspecified atom stereocenters. The van der Waals surface area contributed by atoms with Gasteiger partial charge >= 0.3 is 0 Å². The molecule has 2 fully saturated rings. The molecule has 3 aromatic carbocycles. The number of hydrogen-bond donors (Lipinski definition) is 0. The van der Waals surface area contributed by atoms with Crippen LogP contribution in [0.2, 0.25) is 10.0 Å². The van der Waals surface area contributed by atoms with Crippen molar-refractivity contribution in [3.63, 3.8) is 0 Å². The van der Waals surface area contributed by atoms with Gasteiger partial charge in [-0.15, -0.1) is 0 Å². The van der Waals surface area contributed by atoms with Gasteiger partial charge < -0.3 is 14.4 Å². The first-order valence-electron chi connectivity index (χ1n) is 12.3. The monoisotopic (exact) mass is 581 g/mol. The van der Waals surface area contributed by atoms with Crippen LogP contribution in [-0.4, -0.2) is 60.1 Å². The number of ether oxygens (including phenoxy) is 2. The van der Waals surface area contributed by atoms with E-state index < -0.39 is 0 Å². The summed E-state index contributed by atoms with van der Waals surface area (Å²) in [5, 5.41) is 1.66. The Bertz CT molecular complexity index is 1470. The van der Waals surface area contributed by atoms with Crippen LogP contribution in [0.1, 0.15) is 21.5 Å². The van der Waals surface area contributed by atoms with Crippen LogP contribution >= 0.6 is 35.0 Å². The molecule has 0 radical (unpaired) electrons. The van der Waals surface area contributed by atoms with Crippen LogP contribution in [-0.2, 0) is 16.1 Å². The summed E-state index contributed by atoms with van der Waals surface area (Å²) in [7, 11) is 1.67. The molecule has 2 aliphatic rings. The maximum Gasteiger partial charge on any atom is 0.266 e. The highest BCUT2D eigenvalue weighted by Crippen LogP contribution is 2.36. The number of rotatable bonds is 6. The zero-order chi connectivity index (χ0) is 27.4. The van der Waals surface area contributed by atoms with Gasteiger partial charge in [-0.3, -0.25) is 14.5 Å². The summed E-state index contributed by atoms with van der Waals surface area (Å²) in [5.74, 6) is 0.332. The molecule has 2 aliphatic heterocycles. The third-order valence-corrected chi connectivity index (χ3v) is 7.69. The fourth-order valence-electron chi connectivity index (χ4n) is 4.11. The molecule has 0 atom stereocenters. The number of nitrogens with zero attached hydrogens (tertiary/aromatic N) is 3. The highest BCUT2D eigenvalue weighted by molar-refractivity contribution is 8.18. The number of carbonyl (C=O) groups excluding carboxylic acids is 2. The van der Waals surface area contributed by atoms with Crippen LogP contribution in [0.25, 0.3) is 6.08 Å². The van der Waals surface area contributed by atoms with Gasteiger partial charge in [-0.1, -0.05) is 41.4 Å². The van der Waals surface area contributed by atoms with Gasteiger partial charge in [0, 0.05) is 41.3 Å². The Morgan fingerprint density at radius 1 is 1.05 bits per heavy atom. The third kappa shape index (κ3) is 6.65. The highest BCUT2D eigenvalue weighted by Gasteiger charge is 2.31. The van der Waals surface area contributed by atoms with Crippen LogP contribution in [0.15, 0.2) is 76.6 Å². The van der Waals surface area contributed by atoms with Crippen LogP contribution in [0, 0.1) is 0 Å². The van der Waals surface area contributed by atoms with Crippen molar-refractivity contribution in [3.05, 3.63) is 98.4 Å². The standard InChI is InChI=1S/C29H25Cl2N3O4S/c1-33-28(36)26(17-21-15-23(31)8-9-25(21)38-18-19-4-2-6-22(30)14-19)39-29(33)32-24-7-3-5-20(16-24)27(35)34-10-12-37-13-11-34/h2-9,14-17H,10-13,18H2,1H3/b26-17+,32-29?. The molecule has 200 valence electrons. The van der Waals surface area contributed by atoms with E-state index in [1.165, 1.54) is 16.7 Å². The second-order valence-electron chi connectivity index (χ2n) is 8.92. The lowest BCUT2D eigenvalue weighted by Crippen LogP contribution is -2.40. The predicted octanol–water partition coefficient (Wildman–Crippen LogP) is 6.28. The first-order chi connectivity index (χ1) is 18.9. The van der Waals surface area contributed by atoms with Gasteiger partial charge in [0.1, 0.15) is 12.4 Å². The molecule has 0 aromatic heterocycles. The Morgan fingerprint density at radius 2 is 1.82 bits per heavy atom. The van der Waals surface area contributed by atoms with Crippen molar-refractivity contribution in [1.29, 1.82) is 0 Å². The largest absolute Gasteiger partial charge is 0.488 e. The molecule has 7 nitrogen and oxygen atoms in total. The van der Waals surface area contributed by atoms with Gasteiger partial charge in [-0.2, -0.15) is 0 Å². The second kappa shape index (κ2) is 12.3. The molecule has 0 N–H and O–H groups in total. The number of amidine groups is 1. The first-order valence-corrected chi connectivity index (χ1v) is 13.8. The lowest BCUT2D eigenvalue weighted by Gasteiger charge is -2.26. The van der Waals surface area contributed by atoms with E-state index in [0.29, 0.717) is 75.6 Å². The molecule has 3 aromatic rings. The Labute approximate surface area is 241 Å². The number of thioether (sulfide) groups is 1. The van der Waals surface area contributed by atoms with Gasteiger partial charge in [0.2, 0.25) is 0 Å². The van der Waals surface area contributed by atoms with Crippen molar-refractivity contribution < 1.29 is 19.1 Å². The molecular weight excluding hydrogens is 557 g/mol. The normalized spacial score (nSPS) is 17.8. The third-order valence-electron chi connectivity index (χ3n) is 6.16. The van der Waals surface area contributed by atoms with E-state index in [1.54, 1.807) is 60.5 Å². The highest BCUT2D eigenvalue weighted by atomic mass is 35.5. The van der Waals surface area contributed by atoms with E-state index in [0.717, 1.165) is 5.56 Å². The zero-order valence-electron chi connectivity index (χ0n) is 21.1. The predicted molar refractivity (Wildman–Crippen MR) is 156 cm³/mol. The Kier molecular flexibility index (Phi) is 8.57. The number of aliphatic imine (C=N–C) groups is 1. The van der Waals surface area contributed by atoms with Crippen molar-refractivity contribution >= 4 is 63.7 Å². The topological polar surface area (TPSA) is 71.4 Å².